The number of imidazole rings is 1. The van der Waals surface area contributed by atoms with E-state index in [9.17, 15) is 0 Å². The molecule has 0 radical (unpaired) electrons. The summed E-state index contributed by atoms with van der Waals surface area (Å²) in [4.78, 5) is 12.1. The van der Waals surface area contributed by atoms with Crippen LogP contribution in [0, 0.1) is 6.92 Å². The standard InChI is InChI=1S/C15H15N3O/c1-10-7-8-16-15-14(10)17-13(18-15)9-11-3-5-12(19-2)6-4-11/h3-8H,9H2,1-2H3,(H,16,17,18). The number of ether oxygens (including phenoxy) is 1. The van der Waals surface area contributed by atoms with Crippen molar-refractivity contribution in [3.63, 3.8) is 0 Å². The molecular weight excluding hydrogens is 238 g/mol. The molecule has 0 amide bonds. The number of hydrogen-bond acceptors (Lipinski definition) is 3. The first kappa shape index (κ1) is 11.7. The van der Waals surface area contributed by atoms with Gasteiger partial charge >= 0.3 is 0 Å². The van der Waals surface area contributed by atoms with E-state index < -0.39 is 0 Å². The lowest BCUT2D eigenvalue weighted by molar-refractivity contribution is 0.414. The Morgan fingerprint density at radius 2 is 1.95 bits per heavy atom. The van der Waals surface area contributed by atoms with Crippen LogP contribution in [-0.2, 0) is 6.42 Å². The molecule has 3 rings (SSSR count). The third-order valence-corrected chi connectivity index (χ3v) is 3.18. The van der Waals surface area contributed by atoms with Gasteiger partial charge in [0.1, 0.15) is 11.6 Å². The fraction of sp³-hybridized carbons (Fsp3) is 0.200. The molecule has 2 aromatic heterocycles. The summed E-state index contributed by atoms with van der Waals surface area (Å²) in [5.41, 5.74) is 4.16. The molecule has 0 spiro atoms. The average molecular weight is 253 g/mol. The van der Waals surface area contributed by atoms with Gasteiger partial charge in [0.05, 0.1) is 12.6 Å². The Morgan fingerprint density at radius 3 is 2.63 bits per heavy atom. The predicted octanol–water partition coefficient (Wildman–Crippen LogP) is 2.87. The van der Waals surface area contributed by atoms with Crippen molar-refractivity contribution in [2.45, 2.75) is 13.3 Å². The molecule has 0 saturated carbocycles. The zero-order valence-electron chi connectivity index (χ0n) is 11.0. The van der Waals surface area contributed by atoms with Crippen molar-refractivity contribution in [2.75, 3.05) is 7.11 Å². The predicted molar refractivity (Wildman–Crippen MR) is 74.4 cm³/mol. The second-order valence-electron chi connectivity index (χ2n) is 4.53. The van der Waals surface area contributed by atoms with Crippen LogP contribution >= 0.6 is 0 Å². The van der Waals surface area contributed by atoms with Gasteiger partial charge in [0, 0.05) is 12.6 Å². The van der Waals surface area contributed by atoms with Crippen LogP contribution in [0.2, 0.25) is 0 Å². The fourth-order valence-electron chi connectivity index (χ4n) is 2.10. The van der Waals surface area contributed by atoms with E-state index in [1.165, 1.54) is 11.1 Å². The number of fused-ring (bicyclic) bond motifs is 1. The van der Waals surface area contributed by atoms with Gasteiger partial charge in [-0.05, 0) is 36.2 Å². The minimum absolute atomic E-state index is 0.764. The molecule has 1 aromatic carbocycles. The molecule has 0 fully saturated rings. The third kappa shape index (κ3) is 2.29. The fourth-order valence-corrected chi connectivity index (χ4v) is 2.10. The van der Waals surface area contributed by atoms with E-state index >= 15 is 0 Å². The van der Waals surface area contributed by atoms with Crippen LogP contribution in [0.4, 0.5) is 0 Å². The van der Waals surface area contributed by atoms with Crippen molar-refractivity contribution < 1.29 is 4.74 Å². The van der Waals surface area contributed by atoms with Crippen molar-refractivity contribution in [1.82, 2.24) is 15.0 Å². The summed E-state index contributed by atoms with van der Waals surface area (Å²) in [5.74, 6) is 1.80. The average Bonchev–Trinajstić information content (AvgIpc) is 2.84. The van der Waals surface area contributed by atoms with Crippen LogP contribution in [0.15, 0.2) is 36.5 Å². The molecular formula is C15H15N3O. The molecule has 0 aliphatic heterocycles. The van der Waals surface area contributed by atoms with Crippen LogP contribution in [0.5, 0.6) is 5.75 Å². The molecule has 96 valence electrons. The number of H-pyrrole nitrogens is 1. The van der Waals surface area contributed by atoms with E-state index in [0.29, 0.717) is 0 Å². The number of rotatable bonds is 3. The van der Waals surface area contributed by atoms with Gasteiger partial charge in [-0.15, -0.1) is 0 Å². The lowest BCUT2D eigenvalue weighted by Gasteiger charge is -2.01. The number of nitrogens with zero attached hydrogens (tertiary/aromatic N) is 2. The Hall–Kier alpha value is -2.36. The molecule has 19 heavy (non-hydrogen) atoms. The molecule has 3 aromatic rings. The van der Waals surface area contributed by atoms with E-state index in [1.54, 1.807) is 13.3 Å². The summed E-state index contributed by atoms with van der Waals surface area (Å²) in [6.45, 7) is 2.05. The number of aromatic amines is 1. The van der Waals surface area contributed by atoms with Crippen molar-refractivity contribution in [2.24, 2.45) is 0 Å². The summed E-state index contributed by atoms with van der Waals surface area (Å²) in [7, 11) is 1.67. The Morgan fingerprint density at radius 1 is 1.16 bits per heavy atom. The summed E-state index contributed by atoms with van der Waals surface area (Å²) in [5, 5.41) is 0. The molecule has 0 atom stereocenters. The number of nitrogens with one attached hydrogen (secondary N) is 1. The van der Waals surface area contributed by atoms with Gasteiger partial charge < -0.3 is 9.72 Å². The van der Waals surface area contributed by atoms with E-state index in [2.05, 4.69) is 21.9 Å². The van der Waals surface area contributed by atoms with Crippen LogP contribution in [-0.4, -0.2) is 22.1 Å². The molecule has 4 heteroatoms. The topological polar surface area (TPSA) is 50.8 Å². The lowest BCUT2D eigenvalue weighted by atomic mass is 10.1. The molecule has 4 nitrogen and oxygen atoms in total. The maximum atomic E-state index is 5.15. The summed E-state index contributed by atoms with van der Waals surface area (Å²) >= 11 is 0. The van der Waals surface area contributed by atoms with Gasteiger partial charge in [0.15, 0.2) is 5.65 Å². The van der Waals surface area contributed by atoms with Gasteiger partial charge in [0.2, 0.25) is 0 Å². The lowest BCUT2D eigenvalue weighted by Crippen LogP contribution is -1.91. The van der Waals surface area contributed by atoms with Crippen LogP contribution in [0.3, 0.4) is 0 Å². The Kier molecular flexibility index (Phi) is 2.91. The summed E-state index contributed by atoms with van der Waals surface area (Å²) < 4.78 is 5.15. The second kappa shape index (κ2) is 4.72. The molecule has 0 aliphatic rings. The summed E-state index contributed by atoms with van der Waals surface area (Å²) in [6, 6.07) is 10.00. The smallest absolute Gasteiger partial charge is 0.177 e. The van der Waals surface area contributed by atoms with Gasteiger partial charge in [-0.25, -0.2) is 9.97 Å². The molecule has 2 heterocycles. The maximum Gasteiger partial charge on any atom is 0.177 e. The number of methoxy groups -OCH3 is 1. The Bertz CT molecular complexity index is 701. The minimum Gasteiger partial charge on any atom is -0.497 e. The van der Waals surface area contributed by atoms with E-state index in [-0.39, 0.29) is 0 Å². The van der Waals surface area contributed by atoms with Crippen molar-refractivity contribution in [3.05, 3.63) is 53.5 Å². The first-order valence-corrected chi connectivity index (χ1v) is 6.19. The number of pyridine rings is 1. The van der Waals surface area contributed by atoms with Crippen LogP contribution in [0.25, 0.3) is 11.2 Å². The quantitative estimate of drug-likeness (QED) is 0.780. The van der Waals surface area contributed by atoms with Crippen molar-refractivity contribution >= 4 is 11.2 Å². The highest BCUT2D eigenvalue weighted by Crippen LogP contribution is 2.17. The summed E-state index contributed by atoms with van der Waals surface area (Å²) in [6.07, 6.45) is 2.55. The monoisotopic (exact) mass is 253 g/mol. The molecule has 0 unspecified atom stereocenters. The number of hydrogen-bond donors (Lipinski definition) is 1. The van der Waals surface area contributed by atoms with Gasteiger partial charge in [0.25, 0.3) is 0 Å². The largest absolute Gasteiger partial charge is 0.497 e. The molecule has 0 saturated heterocycles. The molecule has 0 bridgehead atoms. The third-order valence-electron chi connectivity index (χ3n) is 3.18. The van der Waals surface area contributed by atoms with E-state index in [4.69, 9.17) is 4.74 Å². The van der Waals surface area contributed by atoms with E-state index in [1.807, 2.05) is 30.3 Å². The number of benzene rings is 1. The van der Waals surface area contributed by atoms with E-state index in [0.717, 1.165) is 29.2 Å². The normalized spacial score (nSPS) is 10.8. The SMILES string of the molecule is COc1ccc(Cc2nc3nccc(C)c3[nH]2)cc1. The van der Waals surface area contributed by atoms with Gasteiger partial charge in [-0.3, -0.25) is 0 Å². The zero-order chi connectivity index (χ0) is 13.2. The second-order valence-corrected chi connectivity index (χ2v) is 4.53. The highest BCUT2D eigenvalue weighted by atomic mass is 16.5. The van der Waals surface area contributed by atoms with Gasteiger partial charge in [-0.1, -0.05) is 12.1 Å². The van der Waals surface area contributed by atoms with Crippen LogP contribution < -0.4 is 4.74 Å². The number of aryl methyl sites for hydroxylation is 1. The van der Waals surface area contributed by atoms with Crippen LogP contribution in [0.1, 0.15) is 17.0 Å². The Balaban J connectivity index is 1.90. The highest BCUT2D eigenvalue weighted by molar-refractivity contribution is 5.74. The molecule has 1 N–H and O–H groups in total. The van der Waals surface area contributed by atoms with Crippen molar-refractivity contribution in [3.8, 4) is 5.75 Å². The minimum atomic E-state index is 0.764. The first-order valence-electron chi connectivity index (χ1n) is 6.19. The zero-order valence-corrected chi connectivity index (χ0v) is 11.0. The number of aromatic nitrogens is 3. The molecule has 0 aliphatic carbocycles. The highest BCUT2D eigenvalue weighted by Gasteiger charge is 2.06. The first-order chi connectivity index (χ1) is 9.26. The maximum absolute atomic E-state index is 5.15. The Labute approximate surface area is 111 Å². The van der Waals surface area contributed by atoms with Crippen molar-refractivity contribution in [1.29, 1.82) is 0 Å². The van der Waals surface area contributed by atoms with Gasteiger partial charge in [-0.2, -0.15) is 0 Å².